The Kier molecular flexibility index (Phi) is 8.25. The summed E-state index contributed by atoms with van der Waals surface area (Å²) in [7, 11) is 0.0230. The van der Waals surface area contributed by atoms with E-state index in [9.17, 15) is 0 Å². The van der Waals surface area contributed by atoms with Crippen molar-refractivity contribution in [2.45, 2.75) is 51.1 Å². The smallest absolute Gasteiger partial charge is 0.165 e. The van der Waals surface area contributed by atoms with Gasteiger partial charge in [0.1, 0.15) is 0 Å². The number of ether oxygens (including phenoxy) is 2. The van der Waals surface area contributed by atoms with Gasteiger partial charge in [0.15, 0.2) is 10.2 Å². The number of allylic oxidation sites excluding steroid dienone is 1. The number of hydrogen-bond donors (Lipinski definition) is 0. The Morgan fingerprint density at radius 2 is 1.48 bits per heavy atom. The van der Waals surface area contributed by atoms with Gasteiger partial charge in [-0.15, -0.1) is 0 Å². The first kappa shape index (κ1) is 21.2. The summed E-state index contributed by atoms with van der Waals surface area (Å²) in [5.41, 5.74) is 3.94. The van der Waals surface area contributed by atoms with Crippen molar-refractivity contribution >= 4 is 40.0 Å². The lowest BCUT2D eigenvalue weighted by Gasteiger charge is -2.44. The summed E-state index contributed by atoms with van der Waals surface area (Å²) in [4.78, 5) is 0.673. The van der Waals surface area contributed by atoms with Gasteiger partial charge in [0.2, 0.25) is 0 Å². The molecular formula is C15H30BrO2PSi2. The SMILES string of the molecule is C=C=C(OC)P(/C(C)=C(/Br)OC)C([Si](C)(C)C)[Si](C)(C)C. The summed E-state index contributed by atoms with van der Waals surface area (Å²) < 4.78 is 11.9. The molecule has 0 aromatic heterocycles. The van der Waals surface area contributed by atoms with Crippen LogP contribution in [0.15, 0.2) is 27.8 Å². The van der Waals surface area contributed by atoms with Crippen molar-refractivity contribution in [1.29, 1.82) is 0 Å². The van der Waals surface area contributed by atoms with Crippen LogP contribution in [-0.2, 0) is 9.47 Å². The third-order valence-electron chi connectivity index (χ3n) is 3.29. The Bertz CT molecular complexity index is 430. The van der Waals surface area contributed by atoms with E-state index in [1.807, 2.05) is 0 Å². The Morgan fingerprint density at radius 1 is 1.05 bits per heavy atom. The van der Waals surface area contributed by atoms with Gasteiger partial charge >= 0.3 is 0 Å². The van der Waals surface area contributed by atoms with E-state index in [2.05, 4.69) is 74.4 Å². The van der Waals surface area contributed by atoms with Gasteiger partial charge in [-0.05, 0) is 27.8 Å². The van der Waals surface area contributed by atoms with E-state index in [0.29, 0.717) is 4.91 Å². The lowest BCUT2D eigenvalue weighted by atomic mass is 10.7. The third kappa shape index (κ3) is 5.72. The molecule has 0 saturated carbocycles. The standard InChI is InChI=1S/C15H30BrO2PSi2/c1-11-13(17-3)19(12(2)14(16)18-4)15(20(5,6)7)21(8,9)10/h15H,1H2,2-10H3/b14-12-. The zero-order chi connectivity index (χ0) is 17.0. The Labute approximate surface area is 142 Å². The molecule has 0 radical (unpaired) electrons. The minimum Gasteiger partial charge on any atom is -0.490 e. The van der Waals surface area contributed by atoms with Gasteiger partial charge in [0.25, 0.3) is 0 Å². The highest BCUT2D eigenvalue weighted by Gasteiger charge is 2.45. The van der Waals surface area contributed by atoms with Crippen LogP contribution in [-0.4, -0.2) is 35.3 Å². The van der Waals surface area contributed by atoms with Crippen molar-refractivity contribution in [3.8, 4) is 0 Å². The second-order valence-electron chi connectivity index (χ2n) is 7.25. The lowest BCUT2D eigenvalue weighted by Crippen LogP contribution is -2.52. The Morgan fingerprint density at radius 3 is 1.71 bits per heavy atom. The maximum Gasteiger partial charge on any atom is 0.165 e. The van der Waals surface area contributed by atoms with E-state index in [1.165, 1.54) is 5.31 Å². The van der Waals surface area contributed by atoms with Crippen LogP contribution in [0, 0.1) is 0 Å². The zero-order valence-corrected chi connectivity index (χ0v) is 19.4. The number of hydrogen-bond acceptors (Lipinski definition) is 2. The van der Waals surface area contributed by atoms with Crippen molar-refractivity contribution in [3.63, 3.8) is 0 Å². The average Bonchev–Trinajstić information content (AvgIpc) is 2.33. The summed E-state index contributed by atoms with van der Waals surface area (Å²) in [6.45, 7) is 20.7. The molecule has 0 saturated heterocycles. The van der Waals surface area contributed by atoms with Gasteiger partial charge in [0, 0.05) is 13.2 Å². The topological polar surface area (TPSA) is 18.5 Å². The molecule has 0 aliphatic heterocycles. The van der Waals surface area contributed by atoms with Crippen molar-refractivity contribution in [2.75, 3.05) is 14.2 Å². The van der Waals surface area contributed by atoms with Crippen LogP contribution >= 0.6 is 23.9 Å². The minimum absolute atomic E-state index is 0.618. The second kappa shape index (κ2) is 8.17. The highest BCUT2D eigenvalue weighted by molar-refractivity contribution is 9.11. The highest BCUT2D eigenvalue weighted by atomic mass is 79.9. The molecule has 1 unspecified atom stereocenters. The van der Waals surface area contributed by atoms with E-state index in [0.717, 1.165) is 10.2 Å². The summed E-state index contributed by atoms with van der Waals surface area (Å²) in [5, 5.41) is 1.23. The first-order valence-corrected chi connectivity index (χ1v) is 16.4. The number of rotatable bonds is 7. The van der Waals surface area contributed by atoms with Gasteiger partial charge < -0.3 is 9.47 Å². The van der Waals surface area contributed by atoms with E-state index in [-0.39, 0.29) is 0 Å². The molecule has 122 valence electrons. The highest BCUT2D eigenvalue weighted by Crippen LogP contribution is 2.62. The first-order chi connectivity index (χ1) is 9.41. The summed E-state index contributed by atoms with van der Waals surface area (Å²) in [5.74, 6) is 0. The van der Waals surface area contributed by atoms with Crippen molar-refractivity contribution in [3.05, 3.63) is 27.8 Å². The fourth-order valence-electron chi connectivity index (χ4n) is 3.03. The Hall–Kier alpha value is 0.204. The molecule has 0 fully saturated rings. The summed E-state index contributed by atoms with van der Waals surface area (Å²) in [6.07, 6.45) is 0. The predicted molar refractivity (Wildman–Crippen MR) is 106 cm³/mol. The minimum atomic E-state index is -1.39. The van der Waals surface area contributed by atoms with Crippen LogP contribution in [0.3, 0.4) is 0 Å². The molecule has 0 amide bonds. The maximum absolute atomic E-state index is 5.65. The van der Waals surface area contributed by atoms with E-state index < -0.39 is 24.1 Å². The molecule has 21 heavy (non-hydrogen) atoms. The quantitative estimate of drug-likeness (QED) is 0.219. The zero-order valence-electron chi connectivity index (χ0n) is 14.9. The molecule has 0 aromatic rings. The average molecular weight is 409 g/mol. The molecular weight excluding hydrogens is 379 g/mol. The van der Waals surface area contributed by atoms with Crippen LogP contribution in [0.5, 0.6) is 0 Å². The third-order valence-corrected chi connectivity index (χ3v) is 21.4. The molecule has 2 nitrogen and oxygen atoms in total. The van der Waals surface area contributed by atoms with Gasteiger partial charge in [-0.1, -0.05) is 51.6 Å². The fourth-order valence-corrected chi connectivity index (χ4v) is 23.6. The molecule has 0 bridgehead atoms. The molecule has 0 aliphatic rings. The van der Waals surface area contributed by atoms with Crippen LogP contribution in [0.1, 0.15) is 6.92 Å². The van der Waals surface area contributed by atoms with Gasteiger partial charge in [-0.25, -0.2) is 0 Å². The summed E-state index contributed by atoms with van der Waals surface area (Å²) >= 11 is 3.56. The van der Waals surface area contributed by atoms with E-state index in [1.54, 1.807) is 14.2 Å². The molecule has 0 aromatic carbocycles. The number of methoxy groups -OCH3 is 2. The van der Waals surface area contributed by atoms with Crippen LogP contribution < -0.4 is 0 Å². The normalized spacial score (nSPS) is 15.2. The maximum atomic E-state index is 5.65. The number of halogens is 1. The second-order valence-corrected chi connectivity index (χ2v) is 22.5. The van der Waals surface area contributed by atoms with Crippen LogP contribution in [0.25, 0.3) is 0 Å². The van der Waals surface area contributed by atoms with Gasteiger partial charge in [0.05, 0.1) is 30.4 Å². The molecule has 0 spiro atoms. The summed E-state index contributed by atoms with van der Waals surface area (Å²) in [6, 6.07) is 0. The van der Waals surface area contributed by atoms with Gasteiger partial charge in [-0.2, -0.15) is 0 Å². The van der Waals surface area contributed by atoms with Crippen molar-refractivity contribution in [2.24, 2.45) is 0 Å². The molecule has 0 aliphatic carbocycles. The van der Waals surface area contributed by atoms with Crippen LogP contribution in [0.4, 0.5) is 0 Å². The largest absolute Gasteiger partial charge is 0.490 e. The molecule has 0 N–H and O–H groups in total. The lowest BCUT2D eigenvalue weighted by molar-refractivity contribution is 0.320. The van der Waals surface area contributed by atoms with Crippen LogP contribution in [0.2, 0.25) is 39.3 Å². The fraction of sp³-hybridized carbons (Fsp3) is 0.667. The molecule has 1 atom stereocenters. The van der Waals surface area contributed by atoms with E-state index >= 15 is 0 Å². The molecule has 0 rings (SSSR count). The van der Waals surface area contributed by atoms with Crippen molar-refractivity contribution in [1.82, 2.24) is 0 Å². The monoisotopic (exact) mass is 408 g/mol. The van der Waals surface area contributed by atoms with Crippen molar-refractivity contribution < 1.29 is 9.47 Å². The molecule has 6 heteroatoms. The van der Waals surface area contributed by atoms with E-state index in [4.69, 9.17) is 9.47 Å². The molecule has 0 heterocycles. The Balaban J connectivity index is 6.30. The predicted octanol–water partition coefficient (Wildman–Crippen LogP) is 6.09. The van der Waals surface area contributed by atoms with Gasteiger partial charge in [-0.3, -0.25) is 0 Å². The first-order valence-electron chi connectivity index (χ1n) is 7.05.